The van der Waals surface area contributed by atoms with Crippen LogP contribution < -0.4 is 10.0 Å². The maximum absolute atomic E-state index is 12.2. The molecule has 8 heteroatoms. The van der Waals surface area contributed by atoms with Crippen molar-refractivity contribution in [1.82, 2.24) is 0 Å². The third-order valence-corrected chi connectivity index (χ3v) is 6.30. The second-order valence-electron chi connectivity index (χ2n) is 7.10. The van der Waals surface area contributed by atoms with Gasteiger partial charge in [0.15, 0.2) is 0 Å². The van der Waals surface area contributed by atoms with Gasteiger partial charge in [0.2, 0.25) is 0 Å². The first-order valence-electron chi connectivity index (χ1n) is 9.47. The predicted molar refractivity (Wildman–Crippen MR) is 112 cm³/mol. The number of quaternary nitrogens is 1. The minimum atomic E-state index is -0.700. The van der Waals surface area contributed by atoms with Crippen LogP contribution in [0.2, 0.25) is 0 Å². The van der Waals surface area contributed by atoms with Crippen LogP contribution in [0.15, 0.2) is 53.5 Å². The number of para-hydroxylation sites is 1. The minimum absolute atomic E-state index is 0.135. The molecule has 30 heavy (non-hydrogen) atoms. The van der Waals surface area contributed by atoms with Crippen LogP contribution in [-0.4, -0.2) is 17.7 Å². The van der Waals surface area contributed by atoms with Gasteiger partial charge in [0.1, 0.15) is 24.2 Å². The molecule has 150 valence electrons. The summed E-state index contributed by atoms with van der Waals surface area (Å²) in [6, 6.07) is 16.7. The molecule has 1 N–H and O–H groups in total. The second-order valence-corrected chi connectivity index (χ2v) is 8.18. The van der Waals surface area contributed by atoms with Crippen LogP contribution in [0.3, 0.4) is 0 Å². The molecule has 2 aromatic carbocycles. The summed E-state index contributed by atoms with van der Waals surface area (Å²) in [5, 5.41) is 33.4. The number of nitriles is 1. The molecular formula is C22H18N4O3S. The molecule has 0 fully saturated rings. The van der Waals surface area contributed by atoms with E-state index in [0.717, 1.165) is 36.5 Å². The number of thiophene rings is 1. The molecule has 3 aromatic rings. The number of rotatable bonds is 5. The van der Waals surface area contributed by atoms with Gasteiger partial charge in [-0.2, -0.15) is 5.26 Å². The number of aliphatic imine (C=N–C) groups is 1. The fourth-order valence-corrected chi connectivity index (χ4v) is 4.89. The zero-order valence-electron chi connectivity index (χ0n) is 16.0. The van der Waals surface area contributed by atoms with E-state index in [2.05, 4.69) is 23.2 Å². The van der Waals surface area contributed by atoms with E-state index < -0.39 is 16.4 Å². The normalized spacial score (nSPS) is 15.6. The van der Waals surface area contributed by atoms with E-state index in [1.54, 1.807) is 0 Å². The predicted octanol–water partition coefficient (Wildman–Crippen LogP) is 2.49. The van der Waals surface area contributed by atoms with Crippen molar-refractivity contribution in [3.05, 3.63) is 85.8 Å². The van der Waals surface area contributed by atoms with E-state index >= 15 is 0 Å². The minimum Gasteiger partial charge on any atom is -0.867 e. The molecule has 1 unspecified atom stereocenters. The van der Waals surface area contributed by atoms with Gasteiger partial charge in [0, 0.05) is 24.3 Å². The largest absolute Gasteiger partial charge is 0.867 e. The number of hydrogen-bond donors (Lipinski definition) is 1. The first-order chi connectivity index (χ1) is 14.6. The number of nitro benzene ring substituents is 1. The summed E-state index contributed by atoms with van der Waals surface area (Å²) < 4.78 is 0. The lowest BCUT2D eigenvalue weighted by atomic mass is 10.0. The summed E-state index contributed by atoms with van der Waals surface area (Å²) in [6.07, 6.45) is 2.12. The van der Waals surface area contributed by atoms with Gasteiger partial charge in [-0.1, -0.05) is 42.5 Å². The zero-order valence-corrected chi connectivity index (χ0v) is 16.8. The topological polar surface area (TPSA) is 107 Å². The average Bonchev–Trinajstić information content (AvgIpc) is 3.10. The third kappa shape index (κ3) is 3.94. The van der Waals surface area contributed by atoms with Gasteiger partial charge in [-0.3, -0.25) is 10.1 Å². The van der Waals surface area contributed by atoms with Crippen LogP contribution in [0.25, 0.3) is 0 Å². The Bertz CT molecular complexity index is 1170. The molecule has 0 radical (unpaired) electrons. The van der Waals surface area contributed by atoms with Crippen LogP contribution in [0.5, 0.6) is 5.75 Å². The molecule has 0 saturated heterocycles. The number of fused-ring (bicyclic) bond motifs is 1. The van der Waals surface area contributed by atoms with E-state index in [9.17, 15) is 20.5 Å². The molecule has 0 bridgehead atoms. The lowest BCUT2D eigenvalue weighted by Crippen LogP contribution is -3.10. The van der Waals surface area contributed by atoms with Crippen LogP contribution in [-0.2, 0) is 19.5 Å². The number of nitrogens with zero attached hydrogens (tertiary/aromatic N) is 3. The van der Waals surface area contributed by atoms with Gasteiger partial charge in [0.25, 0.3) is 5.69 Å². The van der Waals surface area contributed by atoms with Crippen molar-refractivity contribution < 1.29 is 14.9 Å². The van der Waals surface area contributed by atoms with E-state index in [1.807, 2.05) is 18.2 Å². The summed E-state index contributed by atoms with van der Waals surface area (Å²) in [7, 11) is 0. The van der Waals surface area contributed by atoms with E-state index in [-0.39, 0.29) is 5.56 Å². The molecule has 1 aliphatic heterocycles. The second kappa shape index (κ2) is 8.45. The Morgan fingerprint density at radius 1 is 1.23 bits per heavy atom. The van der Waals surface area contributed by atoms with E-state index in [1.165, 1.54) is 46.2 Å². The number of nitrogens with one attached hydrogen (secondary N) is 1. The Morgan fingerprint density at radius 2 is 2.03 bits per heavy atom. The monoisotopic (exact) mass is 418 g/mol. The van der Waals surface area contributed by atoms with E-state index in [4.69, 9.17) is 0 Å². The van der Waals surface area contributed by atoms with Gasteiger partial charge in [-0.15, -0.1) is 11.3 Å². The molecule has 1 atom stereocenters. The van der Waals surface area contributed by atoms with Crippen LogP contribution in [0.1, 0.15) is 27.1 Å². The molecule has 0 spiro atoms. The average molecular weight is 418 g/mol. The van der Waals surface area contributed by atoms with Crippen molar-refractivity contribution in [3.8, 4) is 11.8 Å². The summed E-state index contributed by atoms with van der Waals surface area (Å²) in [4.78, 5) is 17.2. The van der Waals surface area contributed by atoms with Crippen molar-refractivity contribution in [2.24, 2.45) is 4.99 Å². The van der Waals surface area contributed by atoms with Gasteiger partial charge in [-0.05, 0) is 16.9 Å². The number of benzene rings is 2. The first kappa shape index (κ1) is 19.8. The van der Waals surface area contributed by atoms with Gasteiger partial charge in [-0.25, -0.2) is 4.99 Å². The Balaban J connectivity index is 1.58. The summed E-state index contributed by atoms with van der Waals surface area (Å²) >= 11 is 1.46. The Kier molecular flexibility index (Phi) is 5.57. The molecule has 0 amide bonds. The lowest BCUT2D eigenvalue weighted by Gasteiger charge is -2.23. The molecule has 1 aliphatic rings. The smallest absolute Gasteiger partial charge is 0.262 e. The molecule has 2 heterocycles. The standard InChI is InChI=1S/C22H18N4O3S/c23-11-18-17-9-10-25(13-15-5-2-1-3-6-15)14-20(17)30-22(18)24-12-16-7-4-8-19(21(16)27)26(28)29/h1-8,12,27H,9-10,13-14H2. The van der Waals surface area contributed by atoms with Crippen LogP contribution in [0.4, 0.5) is 10.7 Å². The molecule has 7 nitrogen and oxygen atoms in total. The molecule has 1 aromatic heterocycles. The van der Waals surface area contributed by atoms with Gasteiger partial charge < -0.3 is 10.0 Å². The highest BCUT2D eigenvalue weighted by molar-refractivity contribution is 7.16. The Labute approximate surface area is 177 Å². The SMILES string of the molecule is N#Cc1c(N=Cc2cccc([N+](=O)[O-])c2[O-])sc2c1CC[NH+](Cc1ccccc1)C2. The van der Waals surface area contributed by atoms with Crippen LogP contribution >= 0.6 is 11.3 Å². The van der Waals surface area contributed by atoms with Crippen molar-refractivity contribution >= 4 is 28.2 Å². The molecule has 4 rings (SSSR count). The first-order valence-corrected chi connectivity index (χ1v) is 10.3. The lowest BCUT2D eigenvalue weighted by molar-refractivity contribution is -0.929. The van der Waals surface area contributed by atoms with Crippen molar-refractivity contribution in [1.29, 1.82) is 5.26 Å². The van der Waals surface area contributed by atoms with E-state index in [0.29, 0.717) is 10.6 Å². The zero-order chi connectivity index (χ0) is 21.1. The van der Waals surface area contributed by atoms with Crippen molar-refractivity contribution in [3.63, 3.8) is 0 Å². The summed E-state index contributed by atoms with van der Waals surface area (Å²) in [5.74, 6) is -0.676. The Morgan fingerprint density at radius 3 is 2.77 bits per heavy atom. The third-order valence-electron chi connectivity index (χ3n) is 5.16. The highest BCUT2D eigenvalue weighted by Gasteiger charge is 2.26. The summed E-state index contributed by atoms with van der Waals surface area (Å²) in [6.45, 7) is 2.68. The maximum Gasteiger partial charge on any atom is 0.262 e. The number of hydrogen-bond acceptors (Lipinski definition) is 6. The van der Waals surface area contributed by atoms with Gasteiger partial charge >= 0.3 is 0 Å². The fourth-order valence-electron chi connectivity index (χ4n) is 3.68. The van der Waals surface area contributed by atoms with Crippen molar-refractivity contribution in [2.75, 3.05) is 6.54 Å². The molecular weight excluding hydrogens is 400 g/mol. The highest BCUT2D eigenvalue weighted by atomic mass is 32.1. The van der Waals surface area contributed by atoms with Gasteiger partial charge in [0.05, 0.1) is 21.9 Å². The summed E-state index contributed by atoms with van der Waals surface area (Å²) in [5.41, 5.74) is 2.51. The molecule has 0 aliphatic carbocycles. The number of nitro groups is 1. The maximum atomic E-state index is 12.2. The Hall–Kier alpha value is -3.54. The van der Waals surface area contributed by atoms with Crippen LogP contribution in [0, 0.1) is 21.4 Å². The molecule has 0 saturated carbocycles. The van der Waals surface area contributed by atoms with Crippen molar-refractivity contribution in [2.45, 2.75) is 19.5 Å². The fraction of sp³-hybridized carbons (Fsp3) is 0.182. The highest BCUT2D eigenvalue weighted by Crippen LogP contribution is 2.36. The quantitative estimate of drug-likeness (QED) is 0.390.